The van der Waals surface area contributed by atoms with Crippen LogP contribution in [-0.4, -0.2) is 18.0 Å². The topological polar surface area (TPSA) is 65.7 Å². The van der Waals surface area contributed by atoms with E-state index in [9.17, 15) is 9.59 Å². The summed E-state index contributed by atoms with van der Waals surface area (Å²) in [5, 5.41) is 0. The molecular formula is C25H32O5. The second-order valence-corrected chi connectivity index (χ2v) is 10.0. The van der Waals surface area contributed by atoms with Crippen LogP contribution in [0, 0.1) is 22.7 Å². The Bertz CT molecular complexity index is 891. The van der Waals surface area contributed by atoms with Crippen molar-refractivity contribution in [2.45, 2.75) is 72.5 Å². The molecule has 1 aromatic rings. The third kappa shape index (κ3) is 3.32. The van der Waals surface area contributed by atoms with Gasteiger partial charge in [0.2, 0.25) is 0 Å². The lowest BCUT2D eigenvalue weighted by atomic mass is 9.47. The molecule has 0 unspecified atom stereocenters. The summed E-state index contributed by atoms with van der Waals surface area (Å²) >= 11 is 0. The molecule has 1 saturated heterocycles. The van der Waals surface area contributed by atoms with E-state index in [-0.39, 0.29) is 40.7 Å². The van der Waals surface area contributed by atoms with Gasteiger partial charge in [0.1, 0.15) is 12.2 Å². The summed E-state index contributed by atoms with van der Waals surface area (Å²) in [6.07, 6.45) is 10.1. The van der Waals surface area contributed by atoms with Gasteiger partial charge in [0, 0.05) is 28.5 Å². The van der Waals surface area contributed by atoms with E-state index in [2.05, 4.69) is 20.8 Å². The standard InChI is InChI=1S/C25H32O5/c1-6-15(2)22(26)30-20-12-17-18(25(5)10-7-9-24(3,4)21(20)25)13-19(29-23(17)27)16-8-11-28-14-16/h6,8,11-12,14,18-21H,7,9-10,13H2,1-5H3/b15-6-/t18-,19+,20-,21-,25+/m0/s1. The highest BCUT2D eigenvalue weighted by Crippen LogP contribution is 2.63. The van der Waals surface area contributed by atoms with Crippen molar-refractivity contribution in [3.63, 3.8) is 0 Å². The average molecular weight is 413 g/mol. The Kier molecular flexibility index (Phi) is 5.19. The highest BCUT2D eigenvalue weighted by Gasteiger charge is 2.59. The Labute approximate surface area is 178 Å². The van der Waals surface area contributed by atoms with E-state index < -0.39 is 6.10 Å². The molecule has 5 heteroatoms. The van der Waals surface area contributed by atoms with Crippen molar-refractivity contribution < 1.29 is 23.5 Å². The summed E-state index contributed by atoms with van der Waals surface area (Å²) < 4.78 is 17.0. The Morgan fingerprint density at radius 1 is 1.27 bits per heavy atom. The van der Waals surface area contributed by atoms with Crippen LogP contribution in [0.2, 0.25) is 0 Å². The van der Waals surface area contributed by atoms with Crippen molar-refractivity contribution in [3.8, 4) is 0 Å². The minimum atomic E-state index is -0.433. The predicted molar refractivity (Wildman–Crippen MR) is 112 cm³/mol. The van der Waals surface area contributed by atoms with Gasteiger partial charge in [-0.1, -0.05) is 33.3 Å². The van der Waals surface area contributed by atoms with Crippen molar-refractivity contribution in [3.05, 3.63) is 47.5 Å². The van der Waals surface area contributed by atoms with Crippen LogP contribution in [-0.2, 0) is 19.1 Å². The fourth-order valence-electron chi connectivity index (χ4n) is 6.25. The maximum absolute atomic E-state index is 13.1. The minimum Gasteiger partial charge on any atom is -0.472 e. The third-order valence-electron chi connectivity index (χ3n) is 7.78. The first-order valence-corrected chi connectivity index (χ1v) is 11.0. The van der Waals surface area contributed by atoms with Crippen LogP contribution in [0.15, 0.2) is 46.3 Å². The smallest absolute Gasteiger partial charge is 0.334 e. The summed E-state index contributed by atoms with van der Waals surface area (Å²) in [6.45, 7) is 10.4. The summed E-state index contributed by atoms with van der Waals surface area (Å²) in [6, 6.07) is 1.87. The number of cyclic esters (lactones) is 1. The number of furan rings is 1. The van der Waals surface area contributed by atoms with Gasteiger partial charge in [-0.05, 0) is 56.1 Å². The molecule has 1 saturated carbocycles. The first kappa shape index (κ1) is 21.0. The highest BCUT2D eigenvalue weighted by molar-refractivity contribution is 5.91. The van der Waals surface area contributed by atoms with Crippen LogP contribution in [0.5, 0.6) is 0 Å². The van der Waals surface area contributed by atoms with Gasteiger partial charge in [-0.15, -0.1) is 0 Å². The normalized spacial score (nSPS) is 35.6. The quantitative estimate of drug-likeness (QED) is 0.482. The lowest BCUT2D eigenvalue weighted by Crippen LogP contribution is -2.57. The molecule has 4 rings (SSSR count). The largest absolute Gasteiger partial charge is 0.472 e. The molecule has 2 fully saturated rings. The molecule has 0 radical (unpaired) electrons. The predicted octanol–water partition coefficient (Wildman–Crippen LogP) is 5.53. The van der Waals surface area contributed by atoms with E-state index >= 15 is 0 Å². The van der Waals surface area contributed by atoms with Crippen molar-refractivity contribution in [1.29, 1.82) is 0 Å². The zero-order chi connectivity index (χ0) is 21.7. The van der Waals surface area contributed by atoms with Gasteiger partial charge < -0.3 is 13.9 Å². The number of rotatable bonds is 3. The number of hydrogen-bond acceptors (Lipinski definition) is 5. The van der Waals surface area contributed by atoms with Crippen molar-refractivity contribution in [1.82, 2.24) is 0 Å². The summed E-state index contributed by atoms with van der Waals surface area (Å²) in [7, 11) is 0. The van der Waals surface area contributed by atoms with Crippen molar-refractivity contribution >= 4 is 11.9 Å². The van der Waals surface area contributed by atoms with Crippen LogP contribution < -0.4 is 0 Å². The highest BCUT2D eigenvalue weighted by atomic mass is 16.6. The maximum Gasteiger partial charge on any atom is 0.334 e. The van der Waals surface area contributed by atoms with Crippen LogP contribution in [0.3, 0.4) is 0 Å². The van der Waals surface area contributed by atoms with E-state index in [1.54, 1.807) is 25.5 Å². The number of hydrogen-bond donors (Lipinski definition) is 0. The second kappa shape index (κ2) is 7.44. The minimum absolute atomic E-state index is 0.00367. The first-order valence-electron chi connectivity index (χ1n) is 11.0. The zero-order valence-corrected chi connectivity index (χ0v) is 18.6. The Morgan fingerprint density at radius 3 is 2.70 bits per heavy atom. The molecule has 0 spiro atoms. The molecule has 30 heavy (non-hydrogen) atoms. The van der Waals surface area contributed by atoms with Crippen LogP contribution in [0.25, 0.3) is 0 Å². The molecule has 2 heterocycles. The Balaban J connectivity index is 1.76. The van der Waals surface area contributed by atoms with E-state index in [0.29, 0.717) is 11.1 Å². The lowest BCUT2D eigenvalue weighted by molar-refractivity contribution is -0.172. The number of ether oxygens (including phenoxy) is 2. The summed E-state index contributed by atoms with van der Waals surface area (Å²) in [5.41, 5.74) is 1.99. The van der Waals surface area contributed by atoms with E-state index in [4.69, 9.17) is 13.9 Å². The molecule has 1 aromatic heterocycles. The van der Waals surface area contributed by atoms with Gasteiger partial charge in [-0.2, -0.15) is 0 Å². The Hall–Kier alpha value is -2.30. The number of esters is 2. The molecule has 2 aliphatic carbocycles. The van der Waals surface area contributed by atoms with Crippen LogP contribution in [0.4, 0.5) is 0 Å². The molecule has 0 N–H and O–H groups in total. The van der Waals surface area contributed by atoms with Crippen molar-refractivity contribution in [2.75, 3.05) is 0 Å². The molecule has 3 aliphatic rings. The summed E-state index contributed by atoms with van der Waals surface area (Å²) in [4.78, 5) is 25.7. The van der Waals surface area contributed by atoms with E-state index in [0.717, 1.165) is 31.2 Å². The molecule has 5 atom stereocenters. The van der Waals surface area contributed by atoms with E-state index in [1.165, 1.54) is 0 Å². The second-order valence-electron chi connectivity index (χ2n) is 10.0. The maximum atomic E-state index is 13.1. The van der Waals surface area contributed by atoms with E-state index in [1.807, 2.05) is 19.1 Å². The molecule has 1 aliphatic heterocycles. The Morgan fingerprint density at radius 2 is 2.03 bits per heavy atom. The van der Waals surface area contributed by atoms with Gasteiger partial charge in [0.15, 0.2) is 0 Å². The third-order valence-corrected chi connectivity index (χ3v) is 7.78. The summed E-state index contributed by atoms with van der Waals surface area (Å²) in [5.74, 6) is -0.413. The van der Waals surface area contributed by atoms with Gasteiger partial charge in [0.05, 0.1) is 12.5 Å². The van der Waals surface area contributed by atoms with Crippen molar-refractivity contribution in [2.24, 2.45) is 22.7 Å². The lowest BCUT2D eigenvalue weighted by Gasteiger charge is -2.59. The number of allylic oxidation sites excluding steroid dienone is 1. The van der Waals surface area contributed by atoms with Gasteiger partial charge in [-0.25, -0.2) is 9.59 Å². The monoisotopic (exact) mass is 412 g/mol. The average Bonchev–Trinajstić information content (AvgIpc) is 3.22. The molecular weight excluding hydrogens is 380 g/mol. The zero-order valence-electron chi connectivity index (χ0n) is 18.6. The molecule has 5 nitrogen and oxygen atoms in total. The van der Waals surface area contributed by atoms with Crippen LogP contribution in [0.1, 0.15) is 72.0 Å². The number of fused-ring (bicyclic) bond motifs is 3. The first-order chi connectivity index (χ1) is 14.2. The fraction of sp³-hybridized carbons (Fsp3) is 0.600. The van der Waals surface area contributed by atoms with Gasteiger partial charge >= 0.3 is 11.9 Å². The molecule has 0 bridgehead atoms. The molecule has 0 amide bonds. The van der Waals surface area contributed by atoms with Crippen LogP contribution >= 0.6 is 0 Å². The van der Waals surface area contributed by atoms with Gasteiger partial charge in [-0.3, -0.25) is 0 Å². The fourth-order valence-corrected chi connectivity index (χ4v) is 6.25. The van der Waals surface area contributed by atoms with Gasteiger partial charge in [0.25, 0.3) is 0 Å². The molecule has 162 valence electrons. The SMILES string of the molecule is C/C=C(/C)C(=O)O[C@H]1C=C2C(=O)O[C@@H](c3ccoc3)C[C@@H]2[C@@]2(C)CCCC(C)(C)[C@H]12. The molecule has 0 aromatic carbocycles. The number of carbonyl (C=O) groups excluding carboxylic acids is 2. The number of carbonyl (C=O) groups is 2.